The van der Waals surface area contributed by atoms with Crippen LogP contribution < -0.4 is 5.32 Å². The molecule has 5 nitrogen and oxygen atoms in total. The van der Waals surface area contributed by atoms with Gasteiger partial charge in [0.1, 0.15) is 11.8 Å². The van der Waals surface area contributed by atoms with Crippen LogP contribution in [0.15, 0.2) is 47.3 Å². The Bertz CT molecular complexity index is 707. The molecule has 0 aliphatic rings. The van der Waals surface area contributed by atoms with Gasteiger partial charge in [0, 0.05) is 43.5 Å². The first-order valence-corrected chi connectivity index (χ1v) is 6.85. The highest BCUT2D eigenvalue weighted by Gasteiger charge is 2.09. The molecule has 2 heterocycles. The third-order valence-electron chi connectivity index (χ3n) is 3.24. The summed E-state index contributed by atoms with van der Waals surface area (Å²) in [6.45, 7) is 2.24. The van der Waals surface area contributed by atoms with Crippen molar-refractivity contribution >= 4 is 11.0 Å². The molecule has 5 heteroatoms. The van der Waals surface area contributed by atoms with Crippen LogP contribution in [0.2, 0.25) is 0 Å². The molecule has 0 bridgehead atoms. The zero-order valence-electron chi connectivity index (χ0n) is 11.9. The molecule has 0 radical (unpaired) electrons. The fourth-order valence-corrected chi connectivity index (χ4v) is 2.14. The average Bonchev–Trinajstić information content (AvgIpc) is 2.96. The van der Waals surface area contributed by atoms with Crippen LogP contribution in [0.3, 0.4) is 0 Å². The Hall–Kier alpha value is -2.24. The number of furan rings is 1. The highest BCUT2D eigenvalue weighted by Crippen LogP contribution is 2.27. The SMILES string of the molecule is COCCNCc1cnc(-c2coc3ccccc23)nc1. The van der Waals surface area contributed by atoms with Crippen LogP contribution >= 0.6 is 0 Å². The van der Waals surface area contributed by atoms with E-state index < -0.39 is 0 Å². The summed E-state index contributed by atoms with van der Waals surface area (Å²) in [4.78, 5) is 8.86. The van der Waals surface area contributed by atoms with E-state index in [0.29, 0.717) is 12.4 Å². The van der Waals surface area contributed by atoms with Crippen LogP contribution in [0.4, 0.5) is 0 Å². The lowest BCUT2D eigenvalue weighted by molar-refractivity contribution is 0.199. The second-order valence-corrected chi connectivity index (χ2v) is 4.73. The zero-order valence-corrected chi connectivity index (χ0v) is 11.9. The van der Waals surface area contributed by atoms with Crippen LogP contribution in [0.25, 0.3) is 22.4 Å². The molecule has 0 spiro atoms. The average molecular weight is 283 g/mol. The molecule has 0 aliphatic heterocycles. The first-order chi connectivity index (χ1) is 10.4. The molecule has 1 N–H and O–H groups in total. The van der Waals surface area contributed by atoms with Crippen molar-refractivity contribution < 1.29 is 9.15 Å². The van der Waals surface area contributed by atoms with Gasteiger partial charge < -0.3 is 14.5 Å². The van der Waals surface area contributed by atoms with Gasteiger partial charge in [-0.3, -0.25) is 0 Å². The third kappa shape index (κ3) is 3.09. The van der Waals surface area contributed by atoms with E-state index in [-0.39, 0.29) is 0 Å². The van der Waals surface area contributed by atoms with Crippen molar-refractivity contribution in [3.63, 3.8) is 0 Å². The topological polar surface area (TPSA) is 60.2 Å². The van der Waals surface area contributed by atoms with E-state index in [2.05, 4.69) is 15.3 Å². The van der Waals surface area contributed by atoms with Crippen molar-refractivity contribution in [1.29, 1.82) is 0 Å². The normalized spacial score (nSPS) is 11.1. The number of para-hydroxylation sites is 1. The number of aromatic nitrogens is 2. The lowest BCUT2D eigenvalue weighted by Gasteiger charge is -2.04. The fourth-order valence-electron chi connectivity index (χ4n) is 2.14. The van der Waals surface area contributed by atoms with Crippen molar-refractivity contribution in [2.45, 2.75) is 6.54 Å². The van der Waals surface area contributed by atoms with E-state index >= 15 is 0 Å². The predicted molar refractivity (Wildman–Crippen MR) is 80.8 cm³/mol. The van der Waals surface area contributed by atoms with E-state index in [0.717, 1.165) is 35.2 Å². The van der Waals surface area contributed by atoms with Crippen molar-refractivity contribution in [2.75, 3.05) is 20.3 Å². The van der Waals surface area contributed by atoms with Crippen molar-refractivity contribution in [3.05, 3.63) is 48.5 Å². The minimum absolute atomic E-state index is 0.681. The van der Waals surface area contributed by atoms with Crippen LogP contribution in [0.5, 0.6) is 0 Å². The Morgan fingerprint density at radius 3 is 2.81 bits per heavy atom. The number of rotatable bonds is 6. The standard InChI is InChI=1S/C16H17N3O2/c1-20-7-6-17-8-12-9-18-16(19-10-12)14-11-21-15-5-3-2-4-13(14)15/h2-5,9-11,17H,6-8H2,1H3. The number of ether oxygens (including phenoxy) is 1. The number of benzene rings is 1. The summed E-state index contributed by atoms with van der Waals surface area (Å²) >= 11 is 0. The largest absolute Gasteiger partial charge is 0.464 e. The maximum Gasteiger partial charge on any atom is 0.163 e. The summed E-state index contributed by atoms with van der Waals surface area (Å²) < 4.78 is 10.5. The summed E-state index contributed by atoms with van der Waals surface area (Å²) in [6, 6.07) is 7.88. The molecular weight excluding hydrogens is 266 g/mol. The first kappa shape index (κ1) is 13.7. The van der Waals surface area contributed by atoms with E-state index in [9.17, 15) is 0 Å². The molecule has 21 heavy (non-hydrogen) atoms. The van der Waals surface area contributed by atoms with Gasteiger partial charge >= 0.3 is 0 Å². The van der Waals surface area contributed by atoms with Gasteiger partial charge in [-0.25, -0.2) is 9.97 Å². The summed E-state index contributed by atoms with van der Waals surface area (Å²) in [5, 5.41) is 4.29. The Labute approximate surface area is 123 Å². The maximum atomic E-state index is 5.52. The molecule has 3 aromatic rings. The van der Waals surface area contributed by atoms with E-state index in [1.54, 1.807) is 13.4 Å². The number of hydrogen-bond acceptors (Lipinski definition) is 5. The van der Waals surface area contributed by atoms with E-state index in [1.807, 2.05) is 36.7 Å². The Kier molecular flexibility index (Phi) is 4.23. The number of hydrogen-bond donors (Lipinski definition) is 1. The lowest BCUT2D eigenvalue weighted by atomic mass is 10.1. The number of fused-ring (bicyclic) bond motifs is 1. The van der Waals surface area contributed by atoms with E-state index in [4.69, 9.17) is 9.15 Å². The quantitative estimate of drug-likeness (QED) is 0.705. The minimum Gasteiger partial charge on any atom is -0.464 e. The Morgan fingerprint density at radius 1 is 1.19 bits per heavy atom. The third-order valence-corrected chi connectivity index (χ3v) is 3.24. The first-order valence-electron chi connectivity index (χ1n) is 6.85. The monoisotopic (exact) mass is 283 g/mol. The molecule has 2 aromatic heterocycles. The summed E-state index contributed by atoms with van der Waals surface area (Å²) in [5.41, 5.74) is 2.81. The molecule has 108 valence electrons. The van der Waals surface area contributed by atoms with Crippen molar-refractivity contribution in [1.82, 2.24) is 15.3 Å². The van der Waals surface area contributed by atoms with Crippen molar-refractivity contribution in [2.24, 2.45) is 0 Å². The lowest BCUT2D eigenvalue weighted by Crippen LogP contribution is -2.18. The van der Waals surface area contributed by atoms with Crippen LogP contribution in [-0.2, 0) is 11.3 Å². The highest BCUT2D eigenvalue weighted by molar-refractivity contribution is 5.91. The molecular formula is C16H17N3O2. The van der Waals surface area contributed by atoms with Gasteiger partial charge in [0.15, 0.2) is 5.82 Å². The van der Waals surface area contributed by atoms with Gasteiger partial charge in [0.2, 0.25) is 0 Å². The van der Waals surface area contributed by atoms with Gasteiger partial charge in [-0.05, 0) is 6.07 Å². The Balaban J connectivity index is 1.75. The molecule has 3 rings (SSSR count). The summed E-state index contributed by atoms with van der Waals surface area (Å²) in [6.07, 6.45) is 5.38. The van der Waals surface area contributed by atoms with Gasteiger partial charge in [-0.1, -0.05) is 18.2 Å². The minimum atomic E-state index is 0.681. The van der Waals surface area contributed by atoms with Gasteiger partial charge in [0.05, 0.1) is 12.2 Å². The summed E-state index contributed by atoms with van der Waals surface area (Å²) in [7, 11) is 1.69. The highest BCUT2D eigenvalue weighted by atomic mass is 16.5. The van der Waals surface area contributed by atoms with E-state index in [1.165, 1.54) is 0 Å². The molecule has 0 unspecified atom stereocenters. The number of nitrogens with zero attached hydrogens (tertiary/aromatic N) is 2. The molecule has 0 amide bonds. The Morgan fingerprint density at radius 2 is 2.00 bits per heavy atom. The summed E-state index contributed by atoms with van der Waals surface area (Å²) in [5.74, 6) is 0.681. The smallest absolute Gasteiger partial charge is 0.163 e. The molecule has 0 saturated carbocycles. The molecule has 0 fully saturated rings. The predicted octanol–water partition coefficient (Wildman–Crippen LogP) is 2.63. The second-order valence-electron chi connectivity index (χ2n) is 4.73. The molecule has 1 aromatic carbocycles. The van der Waals surface area contributed by atoms with Crippen LogP contribution in [-0.4, -0.2) is 30.2 Å². The number of methoxy groups -OCH3 is 1. The van der Waals surface area contributed by atoms with Gasteiger partial charge in [0.25, 0.3) is 0 Å². The van der Waals surface area contributed by atoms with Gasteiger partial charge in [-0.2, -0.15) is 0 Å². The maximum absolute atomic E-state index is 5.52. The fraction of sp³-hybridized carbons (Fsp3) is 0.250. The van der Waals surface area contributed by atoms with Crippen LogP contribution in [0, 0.1) is 0 Å². The number of nitrogens with one attached hydrogen (secondary N) is 1. The molecule has 0 aliphatic carbocycles. The molecule has 0 atom stereocenters. The molecule has 0 saturated heterocycles. The van der Waals surface area contributed by atoms with Crippen molar-refractivity contribution in [3.8, 4) is 11.4 Å². The zero-order chi connectivity index (χ0) is 14.5. The van der Waals surface area contributed by atoms with Gasteiger partial charge in [-0.15, -0.1) is 0 Å². The second kappa shape index (κ2) is 6.47. The van der Waals surface area contributed by atoms with Crippen LogP contribution in [0.1, 0.15) is 5.56 Å².